The number of aryl methyl sites for hydroxylation is 3. The summed E-state index contributed by atoms with van der Waals surface area (Å²) in [6.45, 7) is 26.6. The van der Waals surface area contributed by atoms with Crippen molar-refractivity contribution in [2.75, 3.05) is 45.8 Å². The Morgan fingerprint density at radius 3 is 2.28 bits per heavy atom. The lowest BCUT2D eigenvalue weighted by molar-refractivity contribution is -0.161. The number of fused-ring (bicyclic) bond motifs is 3. The van der Waals surface area contributed by atoms with E-state index < -0.39 is 6.04 Å². The average Bonchev–Trinajstić information content (AvgIpc) is 4.13. The lowest BCUT2D eigenvalue weighted by Gasteiger charge is -2.62. The summed E-state index contributed by atoms with van der Waals surface area (Å²) in [6, 6.07) is 16.2. The number of rotatable bonds is 12. The average molecular weight is 1060 g/mol. The minimum absolute atomic E-state index is 0.0429. The second-order valence-electron chi connectivity index (χ2n) is 22.5. The number of amides is 4. The first kappa shape index (κ1) is 53.5. The summed E-state index contributed by atoms with van der Waals surface area (Å²) in [5.74, 6) is 1.67. The molecule has 3 aromatic heterocycles. The van der Waals surface area contributed by atoms with Gasteiger partial charge in [0.2, 0.25) is 24.1 Å². The van der Waals surface area contributed by atoms with Gasteiger partial charge in [0.1, 0.15) is 22.9 Å². The minimum atomic E-state index is -0.449. The van der Waals surface area contributed by atoms with Crippen molar-refractivity contribution in [2.45, 2.75) is 138 Å². The lowest BCUT2D eigenvalue weighted by atomic mass is 9.60. The number of halogens is 1. The number of thiazole rings is 1. The Kier molecular flexibility index (Phi) is 15.7. The molecule has 5 atom stereocenters. The summed E-state index contributed by atoms with van der Waals surface area (Å²) < 4.78 is 2.11. The first-order valence-corrected chi connectivity index (χ1v) is 28.2. The Morgan fingerprint density at radius 1 is 0.932 bits per heavy atom. The summed E-state index contributed by atoms with van der Waals surface area (Å²) in [5, 5.41) is 17.0. The fourth-order valence-electron chi connectivity index (χ4n) is 11.3. The van der Waals surface area contributed by atoms with E-state index in [4.69, 9.17) is 16.6 Å². The third-order valence-corrected chi connectivity index (χ3v) is 18.7. The number of piperazine rings is 1. The van der Waals surface area contributed by atoms with Crippen LogP contribution in [0.25, 0.3) is 15.4 Å². The number of aliphatic imine (C=N–C) groups is 1. The zero-order valence-corrected chi connectivity index (χ0v) is 47.0. The molecule has 4 aliphatic heterocycles. The van der Waals surface area contributed by atoms with Crippen molar-refractivity contribution in [3.05, 3.63) is 104 Å². The molecule has 7 heterocycles. The van der Waals surface area contributed by atoms with Crippen LogP contribution in [-0.4, -0.2) is 139 Å². The molecule has 1 aliphatic carbocycles. The molecule has 0 bridgehead atoms. The monoisotopic (exact) mass is 1060 g/mol. The fraction of sp³-hybridized carbons (Fsp3) is 0.536. The summed E-state index contributed by atoms with van der Waals surface area (Å²) in [7, 11) is 0. The van der Waals surface area contributed by atoms with Crippen molar-refractivity contribution in [1.82, 2.24) is 50.0 Å². The van der Waals surface area contributed by atoms with Crippen LogP contribution in [0.4, 0.5) is 0 Å². The lowest BCUT2D eigenvalue weighted by Crippen LogP contribution is -2.69. The number of nitrogens with one attached hydrogen (secondary N) is 2. The molecule has 394 valence electrons. The van der Waals surface area contributed by atoms with Crippen molar-refractivity contribution < 1.29 is 19.2 Å². The number of nitrogens with zero attached hydrogens (tertiary/aromatic N) is 9. The standard InChI is InChI=1S/C38H51ClN8O2S.C18H21N3O2S/c1-22-18-44(19-31(48)40-25(4)37(6,7)8)13-14-46(22)29-16-38(17-29)20-45(21-38)32(49)15-30-35-43-42-26(5)47(35)36-33(23(2)24(3)50-36)34(41-30)27-9-11-28(39)12-10-27;1-12(20-18(23)16-4-3-9-21(16)11-22)14-5-7-15(8-6-14)17-13(2)19-10-24-17/h9-12,22,25,29-30H,13-21H2,1-8H3,(H,40,48);5-8,10-12,16H,3-4,9H2,1-2H3,(H,20,23)/t22?,25?,30-;/m0./s1. The minimum Gasteiger partial charge on any atom is -0.352 e. The molecular weight excluding hydrogens is 990 g/mol. The molecule has 5 aliphatic rings. The van der Waals surface area contributed by atoms with Crippen molar-refractivity contribution in [3.63, 3.8) is 0 Å². The number of aromatic nitrogens is 4. The zero-order chi connectivity index (χ0) is 52.8. The molecule has 3 saturated heterocycles. The van der Waals surface area contributed by atoms with Crippen molar-refractivity contribution >= 4 is 64.1 Å². The van der Waals surface area contributed by atoms with Crippen molar-refractivity contribution in [2.24, 2.45) is 15.8 Å². The zero-order valence-electron chi connectivity index (χ0n) is 44.6. The van der Waals surface area contributed by atoms with E-state index >= 15 is 0 Å². The molecule has 10 rings (SSSR count). The van der Waals surface area contributed by atoms with Crippen molar-refractivity contribution in [1.29, 1.82) is 0 Å². The Hall–Kier alpha value is -5.33. The van der Waals surface area contributed by atoms with Gasteiger partial charge in [0.25, 0.3) is 0 Å². The van der Waals surface area contributed by atoms with Crippen LogP contribution in [0.5, 0.6) is 0 Å². The highest BCUT2D eigenvalue weighted by molar-refractivity contribution is 7.15. The largest absolute Gasteiger partial charge is 0.352 e. The van der Waals surface area contributed by atoms with E-state index in [0.717, 1.165) is 115 Å². The van der Waals surface area contributed by atoms with Gasteiger partial charge in [-0.25, -0.2) is 4.98 Å². The summed E-state index contributed by atoms with van der Waals surface area (Å²) >= 11 is 9.62. The van der Waals surface area contributed by atoms with Crippen LogP contribution in [0, 0.1) is 38.5 Å². The van der Waals surface area contributed by atoms with Gasteiger partial charge in [-0.1, -0.05) is 68.8 Å². The van der Waals surface area contributed by atoms with Gasteiger partial charge in [-0.15, -0.1) is 32.9 Å². The second kappa shape index (κ2) is 21.7. The predicted octanol–water partition coefficient (Wildman–Crippen LogP) is 8.65. The highest BCUT2D eigenvalue weighted by Gasteiger charge is 2.56. The van der Waals surface area contributed by atoms with E-state index in [0.29, 0.717) is 30.2 Å². The molecule has 18 heteroatoms. The quantitative estimate of drug-likeness (QED) is 0.117. The fourth-order valence-corrected chi connectivity index (χ4v) is 13.5. The molecule has 4 amide bonds. The van der Waals surface area contributed by atoms with Gasteiger partial charge in [0.15, 0.2) is 5.82 Å². The molecule has 74 heavy (non-hydrogen) atoms. The van der Waals surface area contributed by atoms with E-state index in [1.54, 1.807) is 27.6 Å². The Morgan fingerprint density at radius 2 is 1.64 bits per heavy atom. The normalized spacial score (nSPS) is 21.5. The van der Waals surface area contributed by atoms with Gasteiger partial charge in [-0.2, -0.15) is 0 Å². The third-order valence-electron chi connectivity index (χ3n) is 16.3. The number of likely N-dealkylation sites (tertiary alicyclic amines) is 2. The van der Waals surface area contributed by atoms with Crippen LogP contribution in [0.3, 0.4) is 0 Å². The van der Waals surface area contributed by atoms with Gasteiger partial charge >= 0.3 is 0 Å². The van der Waals surface area contributed by atoms with E-state index in [1.807, 2.05) is 67.6 Å². The number of carbonyl (C=O) groups is 4. The highest BCUT2D eigenvalue weighted by atomic mass is 35.5. The van der Waals surface area contributed by atoms with Gasteiger partial charge in [0, 0.05) is 83.8 Å². The van der Waals surface area contributed by atoms with E-state index in [9.17, 15) is 19.2 Å². The molecule has 2 aromatic carbocycles. The van der Waals surface area contributed by atoms with E-state index in [1.165, 1.54) is 15.3 Å². The number of hydrogen-bond acceptors (Lipinski definition) is 12. The van der Waals surface area contributed by atoms with Crippen LogP contribution >= 0.6 is 34.3 Å². The Bertz CT molecular complexity index is 2890. The maximum Gasteiger partial charge on any atom is 0.243 e. The smallest absolute Gasteiger partial charge is 0.243 e. The molecule has 4 fully saturated rings. The summed E-state index contributed by atoms with van der Waals surface area (Å²) in [5.41, 5.74) is 9.43. The maximum absolute atomic E-state index is 13.9. The van der Waals surface area contributed by atoms with Crippen LogP contribution < -0.4 is 10.6 Å². The molecule has 1 saturated carbocycles. The van der Waals surface area contributed by atoms with E-state index in [2.05, 4.69) is 101 Å². The number of benzene rings is 2. The molecule has 4 unspecified atom stereocenters. The first-order valence-electron chi connectivity index (χ1n) is 26.2. The SMILES string of the molecule is Cc1ncsc1-c1ccc(C(C)NC(=O)C2CCCN2C=O)cc1.Cc1sc2c(c1C)C(c1ccc(Cl)cc1)=N[C@@H](CC(=O)N1CC3(CC(N4CCN(CC(=O)NC(C)C(C)(C)C)CC4C)C3)C1)c1nnc(C)n1-2. The van der Waals surface area contributed by atoms with Crippen LogP contribution in [-0.2, 0) is 19.2 Å². The number of hydrogen-bond donors (Lipinski definition) is 2. The molecule has 0 radical (unpaired) electrons. The van der Waals surface area contributed by atoms with E-state index in [-0.39, 0.29) is 53.1 Å². The Labute approximate surface area is 449 Å². The third kappa shape index (κ3) is 11.1. The molecule has 1 spiro atoms. The van der Waals surface area contributed by atoms with Crippen molar-refractivity contribution in [3.8, 4) is 15.4 Å². The predicted molar refractivity (Wildman–Crippen MR) is 294 cm³/mol. The topological polar surface area (TPSA) is 161 Å². The summed E-state index contributed by atoms with van der Waals surface area (Å²) in [4.78, 5) is 70.5. The van der Waals surface area contributed by atoms with Gasteiger partial charge < -0.3 is 20.4 Å². The van der Waals surface area contributed by atoms with Gasteiger partial charge in [0.05, 0.1) is 40.8 Å². The highest BCUT2D eigenvalue weighted by Crippen LogP contribution is 2.51. The molecular formula is C56H72ClN11O4S2. The van der Waals surface area contributed by atoms with Crippen LogP contribution in [0.15, 0.2) is 59.0 Å². The first-order chi connectivity index (χ1) is 35.2. The second-order valence-corrected chi connectivity index (χ2v) is 25.0. The number of thiophene rings is 1. The molecule has 5 aromatic rings. The molecule has 2 N–H and O–H groups in total. The van der Waals surface area contributed by atoms with Crippen LogP contribution in [0.1, 0.15) is 130 Å². The molecule has 15 nitrogen and oxygen atoms in total. The Balaban J connectivity index is 0.000000234. The van der Waals surface area contributed by atoms with Crippen LogP contribution in [0.2, 0.25) is 5.02 Å². The van der Waals surface area contributed by atoms with Gasteiger partial charge in [-0.05, 0) is 108 Å². The van der Waals surface area contributed by atoms with Gasteiger partial charge in [-0.3, -0.25) is 38.5 Å². The maximum atomic E-state index is 13.9. The number of carbonyl (C=O) groups excluding carboxylic acids is 4. The summed E-state index contributed by atoms with van der Waals surface area (Å²) in [6.07, 6.45) is 4.89.